The van der Waals surface area contributed by atoms with Gasteiger partial charge in [0, 0.05) is 16.3 Å². The molecule has 0 radical (unpaired) electrons. The van der Waals surface area contributed by atoms with E-state index in [2.05, 4.69) is 16.0 Å². The smallest absolute Gasteiger partial charge is 0.352 e. The summed E-state index contributed by atoms with van der Waals surface area (Å²) in [5.41, 5.74) is 2.97. The molecule has 8 heteroatoms. The van der Waals surface area contributed by atoms with E-state index in [4.69, 9.17) is 0 Å². The summed E-state index contributed by atoms with van der Waals surface area (Å²) in [5.74, 6) is -0.00211. The Morgan fingerprint density at radius 3 is 2.84 bits per heavy atom. The van der Waals surface area contributed by atoms with Gasteiger partial charge in [0.2, 0.25) is 5.95 Å². The SMILES string of the molecule is Cc1ccc(C2=CCN(c3ncn(Cc4cc5c(s4)CCCC5)c(=O)n3)CC2O)cc1F. The second-order valence-corrected chi connectivity index (χ2v) is 9.70. The third-order valence-electron chi connectivity index (χ3n) is 6.20. The van der Waals surface area contributed by atoms with E-state index in [1.807, 2.05) is 12.1 Å². The maximum Gasteiger partial charge on any atom is 0.352 e. The van der Waals surface area contributed by atoms with Crippen LogP contribution in [0.3, 0.4) is 0 Å². The molecule has 1 N–H and O–H groups in total. The Morgan fingerprint density at radius 2 is 2.09 bits per heavy atom. The number of benzene rings is 1. The van der Waals surface area contributed by atoms with E-state index in [0.29, 0.717) is 35.7 Å². The van der Waals surface area contributed by atoms with Crippen LogP contribution in [0.25, 0.3) is 5.57 Å². The first-order valence-corrected chi connectivity index (χ1v) is 11.7. The molecule has 2 aliphatic rings. The summed E-state index contributed by atoms with van der Waals surface area (Å²) in [6.45, 7) is 2.85. The van der Waals surface area contributed by atoms with Crippen molar-refractivity contribution >= 4 is 22.9 Å². The van der Waals surface area contributed by atoms with E-state index in [1.165, 1.54) is 40.2 Å². The lowest BCUT2D eigenvalue weighted by atomic mass is 9.96. The van der Waals surface area contributed by atoms with Crippen LogP contribution >= 0.6 is 11.3 Å². The zero-order valence-electron chi connectivity index (χ0n) is 17.9. The minimum atomic E-state index is -0.825. The summed E-state index contributed by atoms with van der Waals surface area (Å²) in [6.07, 6.45) is 7.27. The number of halogens is 1. The molecule has 32 heavy (non-hydrogen) atoms. The Kier molecular flexibility index (Phi) is 5.65. The molecule has 0 fully saturated rings. The molecule has 1 atom stereocenters. The maximum absolute atomic E-state index is 13.9. The highest BCUT2D eigenvalue weighted by Gasteiger charge is 2.24. The van der Waals surface area contributed by atoms with Crippen LogP contribution in [0.4, 0.5) is 10.3 Å². The number of hydrogen-bond donors (Lipinski definition) is 1. The summed E-state index contributed by atoms with van der Waals surface area (Å²) in [5, 5.41) is 10.6. The zero-order valence-corrected chi connectivity index (χ0v) is 18.7. The van der Waals surface area contributed by atoms with E-state index >= 15 is 0 Å². The van der Waals surface area contributed by atoms with Crippen LogP contribution in [-0.2, 0) is 19.4 Å². The minimum absolute atomic E-state index is 0.239. The third kappa shape index (κ3) is 4.12. The van der Waals surface area contributed by atoms with Crippen LogP contribution in [0.1, 0.15) is 39.3 Å². The molecule has 1 aromatic carbocycles. The number of fused-ring (bicyclic) bond motifs is 1. The fourth-order valence-corrected chi connectivity index (χ4v) is 5.64. The van der Waals surface area contributed by atoms with Crippen molar-refractivity contribution in [2.75, 3.05) is 18.0 Å². The number of thiophene rings is 1. The molecule has 1 unspecified atom stereocenters. The van der Waals surface area contributed by atoms with Crippen molar-refractivity contribution in [3.05, 3.63) is 79.4 Å². The molecule has 5 rings (SSSR count). The zero-order chi connectivity index (χ0) is 22.2. The van der Waals surface area contributed by atoms with E-state index in [-0.39, 0.29) is 18.1 Å². The van der Waals surface area contributed by atoms with E-state index in [0.717, 1.165) is 17.7 Å². The van der Waals surface area contributed by atoms with Crippen LogP contribution in [0.15, 0.2) is 41.5 Å². The van der Waals surface area contributed by atoms with Crippen LogP contribution < -0.4 is 10.6 Å². The van der Waals surface area contributed by atoms with Gasteiger partial charge in [0.05, 0.1) is 19.2 Å². The average Bonchev–Trinajstić information content (AvgIpc) is 3.19. The largest absolute Gasteiger partial charge is 0.387 e. The number of hydrogen-bond acceptors (Lipinski definition) is 6. The molecular weight excluding hydrogens is 427 g/mol. The second-order valence-electron chi connectivity index (χ2n) is 8.48. The molecule has 0 spiro atoms. The van der Waals surface area contributed by atoms with E-state index < -0.39 is 6.10 Å². The van der Waals surface area contributed by atoms with E-state index in [9.17, 15) is 14.3 Å². The number of nitrogens with zero attached hydrogens (tertiary/aromatic N) is 4. The van der Waals surface area contributed by atoms with Gasteiger partial charge in [0.15, 0.2) is 0 Å². The lowest BCUT2D eigenvalue weighted by Crippen LogP contribution is -2.40. The van der Waals surface area contributed by atoms with Gasteiger partial charge in [-0.05, 0) is 67.0 Å². The number of rotatable bonds is 4. The molecule has 2 aromatic heterocycles. The first-order chi connectivity index (χ1) is 15.5. The standard InChI is InChI=1S/C24H25FN4O2S/c1-15-6-7-16(11-20(15)25)19-8-9-28(13-21(19)30)23-26-14-29(24(31)27-23)12-18-10-17-4-2-3-5-22(17)32-18/h6-8,10-11,14,21,30H,2-5,9,12-13H2,1H3. The van der Waals surface area contributed by atoms with Crippen molar-refractivity contribution in [3.8, 4) is 0 Å². The van der Waals surface area contributed by atoms with Crippen LogP contribution in [0.5, 0.6) is 0 Å². The summed E-state index contributed by atoms with van der Waals surface area (Å²) >= 11 is 1.78. The lowest BCUT2D eigenvalue weighted by molar-refractivity contribution is 0.233. The number of aliphatic hydroxyl groups excluding tert-OH is 1. The highest BCUT2D eigenvalue weighted by Crippen LogP contribution is 2.30. The molecule has 1 aliphatic carbocycles. The Labute approximate surface area is 189 Å². The molecule has 0 bridgehead atoms. The molecule has 3 heterocycles. The Morgan fingerprint density at radius 1 is 1.25 bits per heavy atom. The van der Waals surface area contributed by atoms with Gasteiger partial charge < -0.3 is 10.0 Å². The minimum Gasteiger partial charge on any atom is -0.387 e. The third-order valence-corrected chi connectivity index (χ3v) is 7.42. The van der Waals surface area contributed by atoms with Gasteiger partial charge in [-0.2, -0.15) is 4.98 Å². The van der Waals surface area contributed by atoms with Crippen molar-refractivity contribution in [2.45, 2.75) is 45.3 Å². The first kappa shape index (κ1) is 21.0. The van der Waals surface area contributed by atoms with Crippen molar-refractivity contribution in [3.63, 3.8) is 0 Å². The molecule has 166 valence electrons. The van der Waals surface area contributed by atoms with E-state index in [1.54, 1.807) is 29.2 Å². The Bertz CT molecular complexity index is 1230. The Balaban J connectivity index is 1.32. The van der Waals surface area contributed by atoms with Gasteiger partial charge >= 0.3 is 5.69 Å². The molecule has 0 amide bonds. The number of β-amino-alcohol motifs (C(OH)–C–C–N with tert-alkyl or cyclic N) is 1. The van der Waals surface area contributed by atoms with Crippen molar-refractivity contribution < 1.29 is 9.50 Å². The molecule has 6 nitrogen and oxygen atoms in total. The van der Waals surface area contributed by atoms with Gasteiger partial charge in [-0.15, -0.1) is 11.3 Å². The summed E-state index contributed by atoms with van der Waals surface area (Å²) in [7, 11) is 0. The van der Waals surface area contributed by atoms with Gasteiger partial charge in [-0.1, -0.05) is 18.2 Å². The molecule has 1 aliphatic heterocycles. The molecule has 0 saturated heterocycles. The fourth-order valence-electron chi connectivity index (χ4n) is 4.38. The first-order valence-electron chi connectivity index (χ1n) is 10.9. The quantitative estimate of drug-likeness (QED) is 0.658. The summed E-state index contributed by atoms with van der Waals surface area (Å²) < 4.78 is 15.5. The topological polar surface area (TPSA) is 71.2 Å². The van der Waals surface area contributed by atoms with Crippen LogP contribution in [0, 0.1) is 12.7 Å². The second kappa shape index (κ2) is 8.60. The van der Waals surface area contributed by atoms with Crippen LogP contribution in [0.2, 0.25) is 0 Å². The summed E-state index contributed by atoms with van der Waals surface area (Å²) in [6, 6.07) is 7.17. The predicted molar refractivity (Wildman–Crippen MR) is 124 cm³/mol. The maximum atomic E-state index is 13.9. The fraction of sp³-hybridized carbons (Fsp3) is 0.375. The Hall–Kier alpha value is -2.84. The lowest BCUT2D eigenvalue weighted by Gasteiger charge is -2.30. The molecular formula is C24H25FN4O2S. The van der Waals surface area contributed by atoms with Gasteiger partial charge in [0.25, 0.3) is 0 Å². The van der Waals surface area contributed by atoms with Gasteiger partial charge in [-0.3, -0.25) is 4.57 Å². The normalized spacial score (nSPS) is 18.4. The highest BCUT2D eigenvalue weighted by molar-refractivity contribution is 7.12. The monoisotopic (exact) mass is 452 g/mol. The number of aryl methyl sites for hydroxylation is 3. The average molecular weight is 453 g/mol. The number of aliphatic hydroxyl groups is 1. The van der Waals surface area contributed by atoms with Crippen molar-refractivity contribution in [1.82, 2.24) is 14.5 Å². The van der Waals surface area contributed by atoms with Gasteiger partial charge in [-0.25, -0.2) is 14.2 Å². The van der Waals surface area contributed by atoms with Crippen LogP contribution in [-0.4, -0.2) is 38.8 Å². The predicted octanol–water partition coefficient (Wildman–Crippen LogP) is 3.34. The molecule has 0 saturated carbocycles. The van der Waals surface area contributed by atoms with Gasteiger partial charge in [0.1, 0.15) is 12.1 Å². The van der Waals surface area contributed by atoms with Crippen molar-refractivity contribution in [1.29, 1.82) is 0 Å². The summed E-state index contributed by atoms with van der Waals surface area (Å²) in [4.78, 5) is 25.5. The molecule has 3 aromatic rings. The highest BCUT2D eigenvalue weighted by atomic mass is 32.1. The number of anilines is 1. The number of aromatic nitrogens is 3. The van der Waals surface area contributed by atoms with Crippen molar-refractivity contribution in [2.24, 2.45) is 0 Å².